The minimum Gasteiger partial charge on any atom is -0.475 e. The summed E-state index contributed by atoms with van der Waals surface area (Å²) in [6.07, 6.45) is -3.55. The summed E-state index contributed by atoms with van der Waals surface area (Å²) in [5.41, 5.74) is 2.24. The fourth-order valence-electron chi connectivity index (χ4n) is 4.19. The van der Waals surface area contributed by atoms with Crippen LogP contribution < -0.4 is 5.32 Å². The third-order valence-corrected chi connectivity index (χ3v) is 8.52. The molecule has 0 atom stereocenters. The number of likely N-dealkylation sites (N-methyl/N-ethyl adjacent to an activating group) is 1. The van der Waals surface area contributed by atoms with Gasteiger partial charge in [-0.3, -0.25) is 9.79 Å². The molecule has 0 unspecified atom stereocenters. The van der Waals surface area contributed by atoms with E-state index >= 15 is 0 Å². The van der Waals surface area contributed by atoms with Crippen molar-refractivity contribution in [2.75, 3.05) is 40.3 Å². The standard InChI is InChI=1S/C27H32N4O3S.C2HF3O2/c1-30(20-16-21-12-14-23(15-13-21)27-28-17-18-29-27)26(32)11-6-19-31(2)35(33,34)25-10-5-8-22-7-3-4-9-24(22)25;3-2(4,5)1(6)7/h3-5,7-10,12-15H,6,11,16-20H2,1-2H3,(H,28,29);(H,6,7). The van der Waals surface area contributed by atoms with E-state index in [0.29, 0.717) is 29.7 Å². The number of carbonyl (C=O) groups is 2. The number of carbonyl (C=O) groups excluding carboxylic acids is 1. The lowest BCUT2D eigenvalue weighted by molar-refractivity contribution is -0.192. The van der Waals surface area contributed by atoms with Gasteiger partial charge in [-0.05, 0) is 29.9 Å². The Balaban J connectivity index is 0.000000616. The van der Waals surface area contributed by atoms with Crippen LogP contribution in [0, 0.1) is 0 Å². The summed E-state index contributed by atoms with van der Waals surface area (Å²) in [4.78, 5) is 27.9. The van der Waals surface area contributed by atoms with E-state index in [-0.39, 0.29) is 12.5 Å². The van der Waals surface area contributed by atoms with Gasteiger partial charge in [-0.25, -0.2) is 17.5 Å². The number of hydrogen-bond acceptors (Lipinski definition) is 6. The number of sulfonamides is 1. The molecular formula is C29H33F3N4O5S. The van der Waals surface area contributed by atoms with Crippen LogP contribution in [0.3, 0.4) is 0 Å². The van der Waals surface area contributed by atoms with E-state index in [9.17, 15) is 26.4 Å². The van der Waals surface area contributed by atoms with Crippen molar-refractivity contribution >= 4 is 38.5 Å². The highest BCUT2D eigenvalue weighted by molar-refractivity contribution is 7.89. The summed E-state index contributed by atoms with van der Waals surface area (Å²) < 4.78 is 59.4. The summed E-state index contributed by atoms with van der Waals surface area (Å²) in [5, 5.41) is 12.0. The highest BCUT2D eigenvalue weighted by Gasteiger charge is 2.38. The van der Waals surface area contributed by atoms with Crippen molar-refractivity contribution in [1.29, 1.82) is 0 Å². The number of amides is 1. The van der Waals surface area contributed by atoms with Crippen LogP contribution in [0.1, 0.15) is 24.0 Å². The lowest BCUT2D eigenvalue weighted by atomic mass is 10.1. The Hall–Kier alpha value is -3.97. The van der Waals surface area contributed by atoms with E-state index in [1.807, 2.05) is 30.3 Å². The van der Waals surface area contributed by atoms with Crippen LogP contribution >= 0.6 is 0 Å². The van der Waals surface area contributed by atoms with Crippen molar-refractivity contribution in [3.8, 4) is 0 Å². The van der Waals surface area contributed by atoms with Crippen LogP contribution in [0.5, 0.6) is 0 Å². The zero-order chi connectivity index (χ0) is 30.9. The van der Waals surface area contributed by atoms with E-state index in [1.165, 1.54) is 4.31 Å². The third kappa shape index (κ3) is 8.76. The third-order valence-electron chi connectivity index (χ3n) is 6.61. The first-order valence-electron chi connectivity index (χ1n) is 13.2. The van der Waals surface area contributed by atoms with E-state index in [2.05, 4.69) is 34.6 Å². The van der Waals surface area contributed by atoms with Gasteiger partial charge in [0.15, 0.2) is 0 Å². The smallest absolute Gasteiger partial charge is 0.475 e. The maximum atomic E-state index is 13.1. The Morgan fingerprint density at radius 2 is 1.62 bits per heavy atom. The molecule has 4 rings (SSSR count). The topological polar surface area (TPSA) is 119 Å². The number of rotatable bonds is 10. The van der Waals surface area contributed by atoms with Crippen LogP contribution in [0.15, 0.2) is 76.6 Å². The molecule has 0 bridgehead atoms. The number of hydrogen-bond donors (Lipinski definition) is 2. The highest BCUT2D eigenvalue weighted by Crippen LogP contribution is 2.25. The van der Waals surface area contributed by atoms with Gasteiger partial charge >= 0.3 is 12.1 Å². The summed E-state index contributed by atoms with van der Waals surface area (Å²) in [7, 11) is -0.277. The number of benzene rings is 3. The number of aliphatic imine (C=N–C) groups is 1. The van der Waals surface area contributed by atoms with Gasteiger partial charge in [0.05, 0.1) is 11.4 Å². The zero-order valence-electron chi connectivity index (χ0n) is 23.3. The molecule has 0 saturated carbocycles. The van der Waals surface area contributed by atoms with E-state index in [4.69, 9.17) is 9.90 Å². The summed E-state index contributed by atoms with van der Waals surface area (Å²) in [6, 6.07) is 21.0. The Labute approximate surface area is 242 Å². The molecule has 2 N–H and O–H groups in total. The molecule has 0 aromatic heterocycles. The Kier molecular flexibility index (Phi) is 11.1. The molecule has 226 valence electrons. The Morgan fingerprint density at radius 3 is 2.24 bits per heavy atom. The number of nitrogens with one attached hydrogen (secondary N) is 1. The first kappa shape index (κ1) is 32.5. The van der Waals surface area contributed by atoms with Crippen molar-refractivity contribution in [3.05, 3.63) is 77.9 Å². The SMILES string of the molecule is CN(CCc1ccc(C2=NCCN2)cc1)C(=O)CCCN(C)S(=O)(=O)c1cccc2ccccc12.O=C(O)C(F)(F)F. The maximum Gasteiger partial charge on any atom is 0.490 e. The van der Waals surface area contributed by atoms with Gasteiger partial charge in [0.2, 0.25) is 15.9 Å². The van der Waals surface area contributed by atoms with E-state index in [0.717, 1.165) is 41.9 Å². The summed E-state index contributed by atoms with van der Waals surface area (Å²) >= 11 is 0. The van der Waals surface area contributed by atoms with Crippen LogP contribution in [0.2, 0.25) is 0 Å². The van der Waals surface area contributed by atoms with Gasteiger partial charge in [-0.15, -0.1) is 0 Å². The van der Waals surface area contributed by atoms with Crippen molar-refractivity contribution in [2.24, 2.45) is 4.99 Å². The van der Waals surface area contributed by atoms with Gasteiger partial charge in [-0.1, -0.05) is 60.7 Å². The molecule has 3 aromatic rings. The van der Waals surface area contributed by atoms with Crippen LogP contribution in [-0.4, -0.2) is 86.9 Å². The highest BCUT2D eigenvalue weighted by atomic mass is 32.2. The molecule has 0 fully saturated rings. The Morgan fingerprint density at radius 1 is 0.976 bits per heavy atom. The van der Waals surface area contributed by atoms with Gasteiger partial charge in [-0.2, -0.15) is 13.2 Å². The van der Waals surface area contributed by atoms with Crippen molar-refractivity contribution in [2.45, 2.75) is 30.3 Å². The number of halogens is 3. The molecule has 1 aliphatic rings. The predicted molar refractivity (Wildman–Crippen MR) is 154 cm³/mol. The molecule has 1 heterocycles. The molecule has 0 saturated heterocycles. The lowest BCUT2D eigenvalue weighted by Gasteiger charge is -2.20. The Bertz CT molecular complexity index is 1520. The quantitative estimate of drug-likeness (QED) is 0.361. The molecular weight excluding hydrogens is 573 g/mol. The van der Waals surface area contributed by atoms with Crippen molar-refractivity contribution in [3.63, 3.8) is 0 Å². The normalized spacial score (nSPS) is 13.2. The number of fused-ring (bicyclic) bond motifs is 1. The van der Waals surface area contributed by atoms with Crippen LogP contribution in [0.4, 0.5) is 13.2 Å². The fraction of sp³-hybridized carbons (Fsp3) is 0.345. The molecule has 0 spiro atoms. The van der Waals surface area contributed by atoms with Crippen molar-refractivity contribution in [1.82, 2.24) is 14.5 Å². The second-order valence-corrected chi connectivity index (χ2v) is 11.6. The van der Waals surface area contributed by atoms with Crippen LogP contribution in [0.25, 0.3) is 10.8 Å². The number of alkyl halides is 3. The number of amidine groups is 1. The second kappa shape index (κ2) is 14.3. The summed E-state index contributed by atoms with van der Waals surface area (Å²) in [5.74, 6) is -1.80. The molecule has 9 nitrogen and oxygen atoms in total. The van der Waals surface area contributed by atoms with Gasteiger partial charge < -0.3 is 15.3 Å². The minimum absolute atomic E-state index is 0.0158. The van der Waals surface area contributed by atoms with Crippen LogP contribution in [-0.2, 0) is 26.0 Å². The van der Waals surface area contributed by atoms with Crippen molar-refractivity contribution < 1.29 is 36.3 Å². The number of nitrogens with zero attached hydrogens (tertiary/aromatic N) is 3. The number of carboxylic acid groups (broad SMARTS) is 1. The lowest BCUT2D eigenvalue weighted by Crippen LogP contribution is -2.31. The fourth-order valence-corrected chi connectivity index (χ4v) is 5.61. The number of aliphatic carboxylic acids is 1. The second-order valence-electron chi connectivity index (χ2n) is 9.63. The largest absolute Gasteiger partial charge is 0.490 e. The molecule has 13 heteroatoms. The average molecular weight is 607 g/mol. The predicted octanol–water partition coefficient (Wildman–Crippen LogP) is 3.92. The van der Waals surface area contributed by atoms with Gasteiger partial charge in [0.1, 0.15) is 5.84 Å². The molecule has 1 aliphatic heterocycles. The first-order chi connectivity index (χ1) is 19.8. The molecule has 0 radical (unpaired) electrons. The summed E-state index contributed by atoms with van der Waals surface area (Å²) in [6.45, 7) is 2.59. The minimum atomic E-state index is -5.08. The van der Waals surface area contributed by atoms with Gasteiger partial charge in [0.25, 0.3) is 0 Å². The van der Waals surface area contributed by atoms with E-state index in [1.54, 1.807) is 31.1 Å². The van der Waals surface area contributed by atoms with Gasteiger partial charge in [0, 0.05) is 51.1 Å². The molecule has 3 aromatic carbocycles. The molecule has 42 heavy (non-hydrogen) atoms. The first-order valence-corrected chi connectivity index (χ1v) is 14.6. The van der Waals surface area contributed by atoms with E-state index < -0.39 is 22.2 Å². The zero-order valence-corrected chi connectivity index (χ0v) is 24.1. The molecule has 1 amide bonds. The maximum absolute atomic E-state index is 13.1. The average Bonchev–Trinajstić information content (AvgIpc) is 3.50. The number of carboxylic acids is 1. The molecule has 0 aliphatic carbocycles. The monoisotopic (exact) mass is 606 g/mol.